The molecule has 25 heavy (non-hydrogen) atoms. The van der Waals surface area contributed by atoms with E-state index in [4.69, 9.17) is 4.74 Å². The van der Waals surface area contributed by atoms with E-state index in [1.54, 1.807) is 0 Å². The van der Waals surface area contributed by atoms with Crippen LogP contribution >= 0.6 is 31.8 Å². The molecule has 0 spiro atoms. The number of rotatable bonds is 6. The molecular weight excluding hydrogens is 452 g/mol. The number of ether oxygens (including phenoxy) is 1. The van der Waals surface area contributed by atoms with Gasteiger partial charge >= 0.3 is 0 Å². The molecule has 0 aromatic heterocycles. The number of benzene rings is 1. The van der Waals surface area contributed by atoms with Crippen molar-refractivity contribution in [3.8, 4) is 5.75 Å². The predicted octanol–water partition coefficient (Wildman–Crippen LogP) is 6.47. The van der Waals surface area contributed by atoms with E-state index < -0.39 is 11.6 Å². The Labute approximate surface area is 166 Å². The summed E-state index contributed by atoms with van der Waals surface area (Å²) in [7, 11) is 2.96. The lowest BCUT2D eigenvalue weighted by Crippen LogP contribution is -2.31. The first kappa shape index (κ1) is 21.1. The molecule has 1 saturated carbocycles. The molecule has 1 nitrogen and oxygen atoms in total. The molecule has 1 fully saturated rings. The summed E-state index contributed by atoms with van der Waals surface area (Å²) in [5, 5.41) is 0.0138. The molecule has 3 atom stereocenters. The van der Waals surface area contributed by atoms with Crippen LogP contribution in [-0.4, -0.2) is 15.7 Å². The fraction of sp³-hybridized carbons (Fsp3) is 0.600. The van der Waals surface area contributed by atoms with E-state index in [0.29, 0.717) is 5.92 Å². The van der Waals surface area contributed by atoms with Gasteiger partial charge in [0.05, 0.1) is 0 Å². The minimum Gasteiger partial charge on any atom is -0.486 e. The van der Waals surface area contributed by atoms with Crippen molar-refractivity contribution >= 4 is 31.8 Å². The van der Waals surface area contributed by atoms with Crippen molar-refractivity contribution in [2.24, 2.45) is 11.8 Å². The van der Waals surface area contributed by atoms with Crippen molar-refractivity contribution in [2.45, 2.75) is 55.5 Å². The second kappa shape index (κ2) is 9.12. The molecule has 1 aromatic carbocycles. The lowest BCUT2D eigenvalue weighted by atomic mass is 9.75. The summed E-state index contributed by atoms with van der Waals surface area (Å²) in [6, 6.07) is 3.01. The smallest absolute Gasteiger partial charge is 0.200 e. The van der Waals surface area contributed by atoms with E-state index in [1.807, 2.05) is 6.08 Å². The number of halogens is 3. The van der Waals surface area contributed by atoms with Crippen molar-refractivity contribution in [3.05, 3.63) is 41.5 Å². The summed E-state index contributed by atoms with van der Waals surface area (Å²) in [6.45, 7) is 6.30. The van der Waals surface area contributed by atoms with Crippen molar-refractivity contribution in [1.29, 1.82) is 0 Å². The Morgan fingerprint density at radius 3 is 2.52 bits per heavy atom. The highest BCUT2D eigenvalue weighted by Gasteiger charge is 2.32. The van der Waals surface area contributed by atoms with Crippen LogP contribution in [-0.2, 0) is 0 Å². The van der Waals surface area contributed by atoms with Gasteiger partial charge in [0.1, 0.15) is 6.61 Å². The van der Waals surface area contributed by atoms with Crippen LogP contribution in [0.5, 0.6) is 5.75 Å². The number of aryl methyl sites for hydroxylation is 1. The van der Waals surface area contributed by atoms with Gasteiger partial charge < -0.3 is 4.74 Å². The summed E-state index contributed by atoms with van der Waals surface area (Å²) in [5.74, 6) is -0.306. The summed E-state index contributed by atoms with van der Waals surface area (Å²) < 4.78 is 33.5. The third kappa shape index (κ3) is 5.63. The van der Waals surface area contributed by atoms with Crippen LogP contribution in [0.3, 0.4) is 0 Å². The van der Waals surface area contributed by atoms with Crippen molar-refractivity contribution in [2.75, 3.05) is 6.61 Å². The Bertz CT molecular complexity index is 608. The Hall–Kier alpha value is -0.220. The third-order valence-electron chi connectivity index (χ3n) is 5.35. The van der Waals surface area contributed by atoms with Gasteiger partial charge in [-0.3, -0.25) is 0 Å². The maximum Gasteiger partial charge on any atom is 0.200 e. The van der Waals surface area contributed by atoms with Gasteiger partial charge in [0.2, 0.25) is 5.82 Å². The molecule has 0 radical (unpaired) electrons. The molecule has 1 aromatic rings. The molecule has 0 bridgehead atoms. The number of hydrogen-bond acceptors (Lipinski definition) is 1. The van der Waals surface area contributed by atoms with Crippen LogP contribution in [0.15, 0.2) is 24.3 Å². The zero-order chi connectivity index (χ0) is 18.6. The average molecular weight is 480 g/mol. The van der Waals surface area contributed by atoms with E-state index in [1.165, 1.54) is 44.7 Å². The molecule has 0 amide bonds. The van der Waals surface area contributed by atoms with Crippen molar-refractivity contribution in [3.63, 3.8) is 0 Å². The quantitative estimate of drug-likeness (QED) is 0.196. The highest BCUT2D eigenvalue weighted by molar-refractivity contribution is 14.1. The molecule has 0 aliphatic heterocycles. The third-order valence-corrected chi connectivity index (χ3v) is 7.03. The zero-order valence-corrected chi connectivity index (χ0v) is 18.5. The molecule has 5 heteroatoms. The molecule has 140 valence electrons. The van der Waals surface area contributed by atoms with Crippen molar-refractivity contribution < 1.29 is 13.5 Å². The SMILES string of the molecule is Cc1ccc(OCC=CC(C)(P)C2CCC(C(C)I)CC2)c(F)c1F. The van der Waals surface area contributed by atoms with Gasteiger partial charge in [0.15, 0.2) is 11.6 Å². The average Bonchev–Trinajstić information content (AvgIpc) is 2.58. The summed E-state index contributed by atoms with van der Waals surface area (Å²) in [5.41, 5.74) is 0.286. The maximum absolute atomic E-state index is 13.8. The molecule has 0 N–H and O–H groups in total. The normalized spacial score (nSPS) is 24.9. The van der Waals surface area contributed by atoms with Gasteiger partial charge in [-0.25, -0.2) is 4.39 Å². The molecule has 3 unspecified atom stereocenters. The largest absolute Gasteiger partial charge is 0.486 e. The molecule has 1 aliphatic rings. The molecule has 0 heterocycles. The topological polar surface area (TPSA) is 9.23 Å². The summed E-state index contributed by atoms with van der Waals surface area (Å²) >= 11 is 2.54. The van der Waals surface area contributed by atoms with E-state index in [0.717, 1.165) is 9.84 Å². The first-order chi connectivity index (χ1) is 11.7. The Morgan fingerprint density at radius 2 is 1.92 bits per heavy atom. The van der Waals surface area contributed by atoms with Gasteiger partial charge in [-0.15, -0.1) is 9.24 Å². The lowest BCUT2D eigenvalue weighted by Gasteiger charge is -2.38. The fourth-order valence-electron chi connectivity index (χ4n) is 3.52. The highest BCUT2D eigenvalue weighted by Crippen LogP contribution is 2.42. The molecule has 0 saturated heterocycles. The lowest BCUT2D eigenvalue weighted by molar-refractivity contribution is 0.254. The van der Waals surface area contributed by atoms with Gasteiger partial charge in [-0.05, 0) is 56.1 Å². The number of hydrogen-bond donors (Lipinski definition) is 0. The van der Waals surface area contributed by atoms with Crippen LogP contribution in [0, 0.1) is 30.4 Å². The molecule has 1 aliphatic carbocycles. The molecule has 2 rings (SSSR count). The minimum absolute atomic E-state index is 0.0138. The van der Waals surface area contributed by atoms with E-state index in [-0.39, 0.29) is 23.1 Å². The second-order valence-electron chi connectivity index (χ2n) is 7.38. The van der Waals surface area contributed by atoms with E-state index >= 15 is 0 Å². The van der Waals surface area contributed by atoms with Crippen LogP contribution in [0.1, 0.15) is 45.1 Å². The van der Waals surface area contributed by atoms with E-state index in [9.17, 15) is 8.78 Å². The van der Waals surface area contributed by atoms with Crippen LogP contribution in [0.2, 0.25) is 0 Å². The number of allylic oxidation sites excluding steroid dienone is 1. The minimum atomic E-state index is -0.909. The van der Waals surface area contributed by atoms with Crippen LogP contribution < -0.4 is 4.74 Å². The molecular formula is C20H28F2IOP. The second-order valence-corrected chi connectivity index (χ2v) is 10.6. The zero-order valence-electron chi connectivity index (χ0n) is 15.2. The maximum atomic E-state index is 13.8. The number of alkyl halides is 1. The Morgan fingerprint density at radius 1 is 1.28 bits per heavy atom. The summed E-state index contributed by atoms with van der Waals surface area (Å²) in [4.78, 5) is 0. The first-order valence-electron chi connectivity index (χ1n) is 8.90. The van der Waals surface area contributed by atoms with Crippen LogP contribution in [0.25, 0.3) is 0 Å². The Kier molecular flexibility index (Phi) is 7.69. The van der Waals surface area contributed by atoms with Gasteiger partial charge in [0.25, 0.3) is 0 Å². The van der Waals surface area contributed by atoms with Gasteiger partial charge in [-0.2, -0.15) is 4.39 Å². The fourth-order valence-corrected chi connectivity index (χ4v) is 4.70. The van der Waals surface area contributed by atoms with Crippen molar-refractivity contribution in [1.82, 2.24) is 0 Å². The van der Waals surface area contributed by atoms with E-state index in [2.05, 4.69) is 51.8 Å². The monoisotopic (exact) mass is 480 g/mol. The Balaban J connectivity index is 1.88. The highest BCUT2D eigenvalue weighted by atomic mass is 127. The first-order valence-corrected chi connectivity index (χ1v) is 10.7. The van der Waals surface area contributed by atoms with Crippen LogP contribution in [0.4, 0.5) is 8.78 Å². The summed E-state index contributed by atoms with van der Waals surface area (Å²) in [6.07, 6.45) is 9.10. The van der Waals surface area contributed by atoms with Gasteiger partial charge in [0, 0.05) is 9.08 Å². The van der Waals surface area contributed by atoms with Gasteiger partial charge in [-0.1, -0.05) is 54.7 Å². The standard InChI is InChI=1S/C20H28F2IOP/c1-13-5-10-17(19(22)18(13)21)24-12-4-11-20(3,25)16-8-6-15(7-9-16)14(2)23/h4-5,10-11,14-16H,6-9,12,25H2,1-3H3. The predicted molar refractivity (Wildman–Crippen MR) is 113 cm³/mol.